The Bertz CT molecular complexity index is 3370. The van der Waals surface area contributed by atoms with Crippen molar-refractivity contribution in [2.45, 2.75) is 6.42 Å². The second-order valence-corrected chi connectivity index (χ2v) is 13.7. The number of rotatable bonds is 0. The molecule has 0 saturated carbocycles. The normalized spacial score (nSPS) is 13.2. The minimum Gasteiger partial charge on any atom is -0.436 e. The molecule has 1 aliphatic rings. The molecule has 12 rings (SSSR count). The Morgan fingerprint density at radius 3 is 1.98 bits per heavy atom. The number of hydrogen-bond donors (Lipinski definition) is 0. The van der Waals surface area contributed by atoms with Gasteiger partial charge in [0.25, 0.3) is 0 Å². The third-order valence-corrected chi connectivity index (χ3v) is 11.1. The lowest BCUT2D eigenvalue weighted by Crippen LogP contribution is -2.06. The van der Waals surface area contributed by atoms with E-state index in [1.54, 1.807) is 0 Å². The van der Waals surface area contributed by atoms with Crippen molar-refractivity contribution in [2.75, 3.05) is 0 Å². The maximum Gasteiger partial charge on any atom is 0.246 e. The van der Waals surface area contributed by atoms with Gasteiger partial charge >= 0.3 is 0 Å². The van der Waals surface area contributed by atoms with Crippen LogP contribution >= 0.6 is 0 Å². The molecular weight excluding hydrogens is 609 g/mol. The third kappa shape index (κ3) is 3.24. The fourth-order valence-electron chi connectivity index (χ4n) is 9.12. The van der Waals surface area contributed by atoms with Crippen LogP contribution in [0.1, 0.15) is 11.1 Å². The average molecular weight is 635 g/mol. The van der Waals surface area contributed by atoms with Gasteiger partial charge in [0.1, 0.15) is 16.6 Å². The lowest BCUT2D eigenvalue weighted by molar-refractivity contribution is 0.655. The summed E-state index contributed by atoms with van der Waals surface area (Å²) in [7, 11) is 0. The first-order chi connectivity index (χ1) is 24.7. The molecule has 0 spiro atoms. The van der Waals surface area contributed by atoms with E-state index >= 15 is 0 Å². The Labute approximate surface area is 285 Å². The van der Waals surface area contributed by atoms with Crippen LogP contribution in [0, 0.1) is 0 Å². The van der Waals surface area contributed by atoms with Crippen LogP contribution in [0.4, 0.5) is 0 Å². The Balaban J connectivity index is 1.42. The molecule has 2 aromatic heterocycles. The van der Waals surface area contributed by atoms with Crippen LogP contribution < -0.4 is 0 Å². The molecule has 0 unspecified atom stereocenters. The molecule has 9 aromatic carbocycles. The second kappa shape index (κ2) is 9.31. The van der Waals surface area contributed by atoms with Gasteiger partial charge in [-0.2, -0.15) is 0 Å². The summed E-state index contributed by atoms with van der Waals surface area (Å²) in [5, 5.41) is 15.4. The zero-order valence-corrected chi connectivity index (χ0v) is 26.9. The smallest absolute Gasteiger partial charge is 0.246 e. The Hall–Kier alpha value is -6.58. The van der Waals surface area contributed by atoms with E-state index < -0.39 is 0 Å². The third-order valence-electron chi connectivity index (χ3n) is 11.1. The lowest BCUT2D eigenvalue weighted by atomic mass is 9.75. The van der Waals surface area contributed by atoms with E-state index in [9.17, 15) is 0 Å². The molecule has 3 heteroatoms. The molecule has 0 fully saturated rings. The molecular formula is C47H26N2O. The monoisotopic (exact) mass is 634 g/mol. The first kappa shape index (κ1) is 26.4. The highest BCUT2D eigenvalue weighted by molar-refractivity contribution is 6.36. The van der Waals surface area contributed by atoms with Crippen LogP contribution in [0.5, 0.6) is 0 Å². The van der Waals surface area contributed by atoms with Crippen LogP contribution in [0.15, 0.2) is 144 Å². The van der Waals surface area contributed by atoms with Gasteiger partial charge in [-0.3, -0.25) is 0 Å². The van der Waals surface area contributed by atoms with Gasteiger partial charge in [-0.25, -0.2) is 9.97 Å². The van der Waals surface area contributed by atoms with E-state index in [4.69, 9.17) is 21.0 Å². The topological polar surface area (TPSA) is 38.9 Å². The summed E-state index contributed by atoms with van der Waals surface area (Å²) in [6.45, 7) is 4.76. The zero-order chi connectivity index (χ0) is 32.7. The van der Waals surface area contributed by atoms with Crippen molar-refractivity contribution in [3.8, 4) is 11.1 Å². The maximum atomic E-state index is 6.36. The van der Waals surface area contributed by atoms with Gasteiger partial charge in [0.15, 0.2) is 0 Å². The molecule has 50 heavy (non-hydrogen) atoms. The van der Waals surface area contributed by atoms with Crippen LogP contribution in [0.25, 0.3) is 115 Å². The highest BCUT2D eigenvalue weighted by Crippen LogP contribution is 2.52. The number of hydrogen-bond acceptors (Lipinski definition) is 3. The summed E-state index contributed by atoms with van der Waals surface area (Å²) in [6.07, 6.45) is 0.742. The summed E-state index contributed by atoms with van der Waals surface area (Å²) in [5.41, 5.74) is 10.1. The minimum absolute atomic E-state index is 0.556. The molecule has 3 nitrogen and oxygen atoms in total. The van der Waals surface area contributed by atoms with Gasteiger partial charge in [0, 0.05) is 16.2 Å². The van der Waals surface area contributed by atoms with Crippen molar-refractivity contribution in [2.24, 2.45) is 0 Å². The molecule has 1 aliphatic carbocycles. The summed E-state index contributed by atoms with van der Waals surface area (Å²) < 4.78 is 6.36. The van der Waals surface area contributed by atoms with Gasteiger partial charge in [-0.05, 0) is 106 Å². The summed E-state index contributed by atoms with van der Waals surface area (Å²) in [5.74, 6) is 0. The minimum atomic E-state index is 0.556. The summed E-state index contributed by atoms with van der Waals surface area (Å²) in [4.78, 5) is 10.9. The van der Waals surface area contributed by atoms with Gasteiger partial charge in [0.05, 0.1) is 5.52 Å². The molecule has 2 heterocycles. The summed E-state index contributed by atoms with van der Waals surface area (Å²) in [6, 6.07) is 48.1. The molecule has 0 aliphatic heterocycles. The van der Waals surface area contributed by atoms with Crippen LogP contribution in [0.2, 0.25) is 0 Å². The van der Waals surface area contributed by atoms with E-state index in [1.807, 2.05) is 18.2 Å². The highest BCUT2D eigenvalue weighted by Gasteiger charge is 2.28. The Morgan fingerprint density at radius 1 is 0.460 bits per heavy atom. The predicted molar refractivity (Wildman–Crippen MR) is 210 cm³/mol. The van der Waals surface area contributed by atoms with Crippen molar-refractivity contribution in [3.63, 3.8) is 0 Å². The first-order valence-electron chi connectivity index (χ1n) is 17.2. The van der Waals surface area contributed by atoms with Crippen LogP contribution in [0.3, 0.4) is 0 Å². The zero-order valence-electron chi connectivity index (χ0n) is 26.9. The lowest BCUT2D eigenvalue weighted by Gasteiger charge is -2.28. The predicted octanol–water partition coefficient (Wildman–Crippen LogP) is 12.7. The summed E-state index contributed by atoms with van der Waals surface area (Å²) >= 11 is 0. The molecule has 230 valence electrons. The number of aromatic nitrogens is 2. The van der Waals surface area contributed by atoms with Gasteiger partial charge in [-0.1, -0.05) is 122 Å². The van der Waals surface area contributed by atoms with Crippen molar-refractivity contribution in [1.82, 2.24) is 9.97 Å². The fourth-order valence-corrected chi connectivity index (χ4v) is 9.12. The fraction of sp³-hybridized carbons (Fsp3) is 0.0213. The van der Waals surface area contributed by atoms with Crippen molar-refractivity contribution in [3.05, 3.63) is 151 Å². The molecule has 0 N–H and O–H groups in total. The van der Waals surface area contributed by atoms with E-state index in [2.05, 4.69) is 115 Å². The number of benzene rings is 8. The standard InChI is InChI=1S/C47H26N2O/c1-25-23-37-41(35-22-21-26-11-2-3-12-27(26)40(25)35)30-14-5-6-15-31(30)42-32-19-10-18-29-28-13-4-7-16-33(28)44-45(38(43(37)42)24-36(29)32)48-46-34-17-8-9-20-39(34)50-47(46)49-44/h2-22,24H,1,23H2. The molecule has 4 bridgehead atoms. The SMILES string of the molecule is C=C1Cc2c(c3ccccc3c3c4cccc5c6ccccc6c6nc7oc8ccccc8c7nc6c(cc54)c23)-c2ccc3ccccc3c21. The number of furan rings is 1. The van der Waals surface area contributed by atoms with Gasteiger partial charge in [0.2, 0.25) is 5.71 Å². The maximum absolute atomic E-state index is 6.36. The van der Waals surface area contributed by atoms with E-state index in [-0.39, 0.29) is 0 Å². The highest BCUT2D eigenvalue weighted by atomic mass is 16.3. The van der Waals surface area contributed by atoms with E-state index in [1.165, 1.54) is 70.7 Å². The average Bonchev–Trinajstić information content (AvgIpc) is 3.53. The van der Waals surface area contributed by atoms with Crippen molar-refractivity contribution >= 4 is 103 Å². The second-order valence-electron chi connectivity index (χ2n) is 13.7. The number of para-hydroxylation sites is 1. The quantitative estimate of drug-likeness (QED) is 0.156. The largest absolute Gasteiger partial charge is 0.436 e. The van der Waals surface area contributed by atoms with Gasteiger partial charge < -0.3 is 4.42 Å². The number of nitrogens with zero attached hydrogens (tertiary/aromatic N) is 2. The van der Waals surface area contributed by atoms with E-state index in [0.29, 0.717) is 5.71 Å². The molecule has 0 radical (unpaired) electrons. The number of allylic oxidation sites excluding steroid dienone is 1. The molecule has 0 saturated heterocycles. The molecule has 11 aromatic rings. The first-order valence-corrected chi connectivity index (χ1v) is 17.2. The Morgan fingerprint density at radius 2 is 1.10 bits per heavy atom. The number of fused-ring (bicyclic) bond motifs is 15. The van der Waals surface area contributed by atoms with Crippen molar-refractivity contribution < 1.29 is 4.42 Å². The van der Waals surface area contributed by atoms with Crippen molar-refractivity contribution in [1.29, 1.82) is 0 Å². The van der Waals surface area contributed by atoms with Crippen LogP contribution in [-0.2, 0) is 6.42 Å². The Kier molecular flexibility index (Phi) is 4.91. The molecule has 0 atom stereocenters. The van der Waals surface area contributed by atoms with Crippen LogP contribution in [-0.4, -0.2) is 9.97 Å². The van der Waals surface area contributed by atoms with Gasteiger partial charge in [-0.15, -0.1) is 0 Å². The van der Waals surface area contributed by atoms with E-state index in [0.717, 1.165) is 55.7 Å². The molecule has 0 amide bonds.